The minimum absolute atomic E-state index is 0. The van der Waals surface area contributed by atoms with Crippen molar-refractivity contribution in [2.75, 3.05) is 5.73 Å². The highest BCUT2D eigenvalue weighted by atomic mass is 79.9. The van der Waals surface area contributed by atoms with Gasteiger partial charge in [-0.2, -0.15) is 0 Å². The number of rotatable bonds is 5. The summed E-state index contributed by atoms with van der Waals surface area (Å²) in [5, 5.41) is 10.6. The highest BCUT2D eigenvalue weighted by molar-refractivity contribution is 9.10. The Kier molecular flexibility index (Phi) is 6.04. The summed E-state index contributed by atoms with van der Waals surface area (Å²) in [5.41, 5.74) is 9.20. The summed E-state index contributed by atoms with van der Waals surface area (Å²) in [4.78, 5) is 0. The number of nitrogen functional groups attached to an aromatic ring is 1. The number of aliphatic hydroxyl groups excluding tert-OH is 1. The molecule has 0 bridgehead atoms. The average molecular weight is 409 g/mol. The maximum atomic E-state index is 10.6. The van der Waals surface area contributed by atoms with Crippen molar-refractivity contribution in [3.05, 3.63) is 71.2 Å². The third-order valence-electron chi connectivity index (χ3n) is 3.92. The van der Waals surface area contributed by atoms with Crippen molar-refractivity contribution < 1.29 is 22.1 Å². The molecule has 0 aliphatic carbocycles. The zero-order valence-electron chi connectivity index (χ0n) is 13.1. The van der Waals surface area contributed by atoms with Gasteiger partial charge in [0, 0.05) is 4.47 Å². The summed E-state index contributed by atoms with van der Waals surface area (Å²) in [7, 11) is 0. The lowest BCUT2D eigenvalue weighted by molar-refractivity contribution is -0.666. The van der Waals surface area contributed by atoms with E-state index in [-0.39, 0.29) is 12.4 Å². The number of anilines is 1. The first kappa shape index (κ1) is 18.5. The fourth-order valence-corrected chi connectivity index (χ4v) is 3.24. The molecule has 3 aromatic rings. The molecule has 0 saturated heterocycles. The molecule has 2 aromatic carbocycles. The van der Waals surface area contributed by atoms with Gasteiger partial charge in [0.1, 0.15) is 23.7 Å². The van der Waals surface area contributed by atoms with Crippen LogP contribution in [0.25, 0.3) is 11.0 Å². The molecule has 1 unspecified atom stereocenters. The van der Waals surface area contributed by atoms with Gasteiger partial charge in [0.25, 0.3) is 0 Å². The molecule has 0 radical (unpaired) electrons. The molecule has 24 heavy (non-hydrogen) atoms. The van der Waals surface area contributed by atoms with Gasteiger partial charge < -0.3 is 17.5 Å². The van der Waals surface area contributed by atoms with Crippen molar-refractivity contribution >= 4 is 32.9 Å². The standard InChI is InChI=1S/C18H18BrN3O.ClH/c1-2-10-21-15-8-3-4-9-16(15)22(18(21)20)12-17(23)13-6-5-7-14(19)11-13;/h2-9,11,17,20,23H,1,10,12H2;1H. The number of hydrogen-bond donors (Lipinski definition) is 2. The largest absolute Gasteiger partial charge is 1.00 e. The van der Waals surface area contributed by atoms with Crippen LogP contribution in [0.15, 0.2) is 65.7 Å². The van der Waals surface area contributed by atoms with Crippen molar-refractivity contribution in [3.8, 4) is 0 Å². The molecule has 0 aliphatic rings. The predicted molar refractivity (Wildman–Crippen MR) is 95.8 cm³/mol. The third kappa shape index (κ3) is 3.48. The Balaban J connectivity index is 0.00000208. The molecular weight excluding hydrogens is 390 g/mol. The van der Waals surface area contributed by atoms with Crippen molar-refractivity contribution in [2.45, 2.75) is 19.2 Å². The molecule has 3 N–H and O–H groups in total. The Morgan fingerprint density at radius 2 is 2.00 bits per heavy atom. The fourth-order valence-electron chi connectivity index (χ4n) is 2.82. The van der Waals surface area contributed by atoms with Gasteiger partial charge in [0.05, 0.1) is 6.54 Å². The van der Waals surface area contributed by atoms with E-state index in [0.717, 1.165) is 21.1 Å². The van der Waals surface area contributed by atoms with Gasteiger partial charge in [0.15, 0.2) is 0 Å². The van der Waals surface area contributed by atoms with Gasteiger partial charge in [-0.1, -0.05) is 52.9 Å². The Morgan fingerprint density at radius 1 is 1.25 bits per heavy atom. The van der Waals surface area contributed by atoms with Crippen LogP contribution in [0.3, 0.4) is 0 Å². The Labute approximate surface area is 155 Å². The minimum Gasteiger partial charge on any atom is -1.00 e. The van der Waals surface area contributed by atoms with E-state index in [9.17, 15) is 5.11 Å². The van der Waals surface area contributed by atoms with Crippen molar-refractivity contribution in [1.82, 2.24) is 4.57 Å². The van der Waals surface area contributed by atoms with Crippen LogP contribution in [-0.2, 0) is 13.1 Å². The van der Waals surface area contributed by atoms with Crippen LogP contribution >= 0.6 is 15.9 Å². The molecule has 0 aliphatic heterocycles. The monoisotopic (exact) mass is 407 g/mol. The maximum Gasteiger partial charge on any atom is 0.356 e. The van der Waals surface area contributed by atoms with E-state index in [1.807, 2.05) is 63.7 Å². The molecule has 0 amide bonds. The van der Waals surface area contributed by atoms with Crippen molar-refractivity contribution in [2.24, 2.45) is 0 Å². The molecule has 1 aromatic heterocycles. The van der Waals surface area contributed by atoms with Crippen LogP contribution in [0.4, 0.5) is 5.95 Å². The Hall–Kier alpha value is -1.82. The van der Waals surface area contributed by atoms with E-state index >= 15 is 0 Å². The zero-order valence-corrected chi connectivity index (χ0v) is 15.4. The van der Waals surface area contributed by atoms with Gasteiger partial charge in [-0.3, -0.25) is 5.73 Å². The van der Waals surface area contributed by atoms with Gasteiger partial charge in [-0.05, 0) is 29.8 Å². The lowest BCUT2D eigenvalue weighted by atomic mass is 10.1. The first-order valence-corrected chi connectivity index (χ1v) is 8.22. The van der Waals surface area contributed by atoms with E-state index in [2.05, 4.69) is 22.5 Å². The van der Waals surface area contributed by atoms with E-state index < -0.39 is 6.10 Å². The summed E-state index contributed by atoms with van der Waals surface area (Å²) in [5.74, 6) is 0.611. The van der Waals surface area contributed by atoms with Crippen LogP contribution < -0.4 is 22.7 Å². The SMILES string of the molecule is C=CCn1c(N)[n+](CC(O)c2cccc(Br)c2)c2ccccc21.[Cl-]. The number of aromatic nitrogens is 2. The van der Waals surface area contributed by atoms with Gasteiger partial charge in [-0.25, -0.2) is 9.13 Å². The molecule has 1 atom stereocenters. The maximum absolute atomic E-state index is 10.6. The predicted octanol–water partition coefficient (Wildman–Crippen LogP) is 0.197. The summed E-state index contributed by atoms with van der Waals surface area (Å²) in [6.45, 7) is 4.82. The van der Waals surface area contributed by atoms with Crippen LogP contribution in [0.5, 0.6) is 0 Å². The molecule has 1 heterocycles. The number of hydrogen-bond acceptors (Lipinski definition) is 2. The first-order valence-electron chi connectivity index (χ1n) is 7.42. The Morgan fingerprint density at radius 3 is 2.71 bits per heavy atom. The van der Waals surface area contributed by atoms with E-state index in [1.54, 1.807) is 0 Å². The molecule has 0 fully saturated rings. The molecule has 0 spiro atoms. The number of aliphatic hydroxyl groups is 1. The number of nitrogens with two attached hydrogens (primary N) is 1. The molecule has 0 saturated carbocycles. The molecular formula is C18H19BrClN3O. The fraction of sp³-hybridized carbons (Fsp3) is 0.167. The topological polar surface area (TPSA) is 55.1 Å². The lowest BCUT2D eigenvalue weighted by Crippen LogP contribution is -3.00. The average Bonchev–Trinajstić information content (AvgIpc) is 2.81. The summed E-state index contributed by atoms with van der Waals surface area (Å²) < 4.78 is 4.89. The Bertz CT molecular complexity index is 863. The number of benzene rings is 2. The molecule has 126 valence electrons. The second-order valence-corrected chi connectivity index (χ2v) is 6.34. The number of fused-ring (bicyclic) bond motifs is 1. The van der Waals surface area contributed by atoms with Gasteiger partial charge in [-0.15, -0.1) is 0 Å². The minimum atomic E-state index is -0.636. The molecule has 6 heteroatoms. The lowest BCUT2D eigenvalue weighted by Gasteiger charge is -2.11. The van der Waals surface area contributed by atoms with Crippen molar-refractivity contribution in [3.63, 3.8) is 0 Å². The van der Waals surface area contributed by atoms with E-state index in [0.29, 0.717) is 19.0 Å². The first-order chi connectivity index (χ1) is 11.1. The van der Waals surface area contributed by atoms with Crippen LogP contribution in [0.1, 0.15) is 11.7 Å². The van der Waals surface area contributed by atoms with Crippen LogP contribution in [0.2, 0.25) is 0 Å². The third-order valence-corrected chi connectivity index (χ3v) is 4.41. The van der Waals surface area contributed by atoms with Crippen LogP contribution in [0, 0.1) is 0 Å². The number of para-hydroxylation sites is 2. The number of imidazole rings is 1. The van der Waals surface area contributed by atoms with Gasteiger partial charge in [0.2, 0.25) is 0 Å². The second-order valence-electron chi connectivity index (χ2n) is 5.43. The second kappa shape index (κ2) is 7.83. The highest BCUT2D eigenvalue weighted by Crippen LogP contribution is 2.21. The number of nitrogens with zero attached hydrogens (tertiary/aromatic N) is 2. The van der Waals surface area contributed by atoms with Crippen LogP contribution in [-0.4, -0.2) is 9.67 Å². The van der Waals surface area contributed by atoms with Crippen molar-refractivity contribution in [1.29, 1.82) is 0 Å². The highest BCUT2D eigenvalue weighted by Gasteiger charge is 2.22. The van der Waals surface area contributed by atoms with E-state index in [1.165, 1.54) is 0 Å². The summed E-state index contributed by atoms with van der Waals surface area (Å²) >= 11 is 3.44. The quantitative estimate of drug-likeness (QED) is 0.468. The molecule has 4 nitrogen and oxygen atoms in total. The summed E-state index contributed by atoms with van der Waals surface area (Å²) in [6.07, 6.45) is 1.18. The number of halogens is 2. The van der Waals surface area contributed by atoms with E-state index in [4.69, 9.17) is 5.73 Å². The number of allylic oxidation sites excluding steroid dienone is 1. The molecule has 3 rings (SSSR count). The summed E-state index contributed by atoms with van der Waals surface area (Å²) in [6, 6.07) is 15.7. The zero-order chi connectivity index (χ0) is 16.4. The smallest absolute Gasteiger partial charge is 0.356 e. The normalized spacial score (nSPS) is 11.9. The van der Waals surface area contributed by atoms with Gasteiger partial charge >= 0.3 is 5.95 Å².